The molecule has 31 heavy (non-hydrogen) atoms. The van der Waals surface area contributed by atoms with E-state index in [2.05, 4.69) is 20.8 Å². The summed E-state index contributed by atoms with van der Waals surface area (Å²) >= 11 is 7.75. The fourth-order valence-corrected chi connectivity index (χ4v) is 4.18. The fraction of sp³-hybridized carbons (Fsp3) is 0.400. The molecule has 0 saturated heterocycles. The molecule has 9 nitrogen and oxygen atoms in total. The van der Waals surface area contributed by atoms with Gasteiger partial charge in [-0.25, -0.2) is 9.59 Å². The Kier molecular flexibility index (Phi) is 8.33. The molecule has 0 unspecified atom stereocenters. The van der Waals surface area contributed by atoms with Crippen LogP contribution >= 0.6 is 23.4 Å². The molecule has 0 bridgehead atoms. The SMILES string of the molecule is CCOC(=O)C1=C(CSc2nnc(-c3ccccc3Cl)n2CCCOC)NC(=O)NC1. The molecule has 11 heteroatoms. The first-order chi connectivity index (χ1) is 15.0. The van der Waals surface area contributed by atoms with Gasteiger partial charge in [0.25, 0.3) is 0 Å². The Hall–Kier alpha value is -2.56. The van der Waals surface area contributed by atoms with Crippen molar-refractivity contribution in [3.05, 3.63) is 40.6 Å². The standard InChI is InChI=1S/C20H24ClN5O4S/c1-3-30-18(27)14-11-22-19(28)23-16(14)12-31-20-25-24-17(26(20)9-6-10-29-2)13-7-4-5-8-15(13)21/h4-5,7-8H,3,6,9-12H2,1-2H3,(H2,22,23,28). The van der Waals surface area contributed by atoms with E-state index in [1.807, 2.05) is 22.8 Å². The van der Waals surface area contributed by atoms with Gasteiger partial charge in [-0.2, -0.15) is 0 Å². The van der Waals surface area contributed by atoms with Crippen LogP contribution in [0.15, 0.2) is 40.7 Å². The number of rotatable bonds is 10. The second-order valence-electron chi connectivity index (χ2n) is 6.56. The highest BCUT2D eigenvalue weighted by Crippen LogP contribution is 2.30. The molecule has 0 spiro atoms. The van der Waals surface area contributed by atoms with Gasteiger partial charge in [0.1, 0.15) is 0 Å². The first-order valence-electron chi connectivity index (χ1n) is 9.79. The number of carbonyl (C=O) groups excluding carboxylic acids is 2. The molecule has 2 N–H and O–H groups in total. The van der Waals surface area contributed by atoms with Gasteiger partial charge in [0.15, 0.2) is 11.0 Å². The van der Waals surface area contributed by atoms with Gasteiger partial charge in [-0.05, 0) is 25.5 Å². The number of carbonyl (C=O) groups is 2. The van der Waals surface area contributed by atoms with E-state index in [1.165, 1.54) is 11.8 Å². The molecule has 3 rings (SSSR count). The van der Waals surface area contributed by atoms with E-state index in [0.717, 1.165) is 12.0 Å². The third-order valence-electron chi connectivity index (χ3n) is 4.48. The third kappa shape index (κ3) is 5.78. The van der Waals surface area contributed by atoms with Crippen LogP contribution in [0.2, 0.25) is 5.02 Å². The van der Waals surface area contributed by atoms with Gasteiger partial charge >= 0.3 is 12.0 Å². The highest BCUT2D eigenvalue weighted by molar-refractivity contribution is 7.99. The van der Waals surface area contributed by atoms with Gasteiger partial charge in [0.2, 0.25) is 0 Å². The minimum absolute atomic E-state index is 0.117. The van der Waals surface area contributed by atoms with Crippen molar-refractivity contribution >= 4 is 35.4 Å². The number of hydrogen-bond acceptors (Lipinski definition) is 7. The number of amides is 2. The number of esters is 1. The Morgan fingerprint density at radius 2 is 2.13 bits per heavy atom. The summed E-state index contributed by atoms with van der Waals surface area (Å²) in [7, 11) is 1.65. The first-order valence-corrected chi connectivity index (χ1v) is 11.1. The maximum Gasteiger partial charge on any atom is 0.337 e. The molecule has 0 aliphatic carbocycles. The number of benzene rings is 1. The van der Waals surface area contributed by atoms with Crippen molar-refractivity contribution in [2.24, 2.45) is 0 Å². The Morgan fingerprint density at radius 1 is 1.32 bits per heavy atom. The number of aromatic nitrogens is 3. The lowest BCUT2D eigenvalue weighted by Crippen LogP contribution is -2.44. The number of nitrogens with zero attached hydrogens (tertiary/aromatic N) is 3. The monoisotopic (exact) mass is 465 g/mol. The lowest BCUT2D eigenvalue weighted by Gasteiger charge is -2.21. The summed E-state index contributed by atoms with van der Waals surface area (Å²) in [4.78, 5) is 24.1. The van der Waals surface area contributed by atoms with E-state index >= 15 is 0 Å². The quantitative estimate of drug-likeness (QED) is 0.315. The molecule has 1 aliphatic heterocycles. The van der Waals surface area contributed by atoms with Gasteiger partial charge in [-0.1, -0.05) is 35.5 Å². The average Bonchev–Trinajstić information content (AvgIpc) is 3.15. The number of methoxy groups -OCH3 is 1. The molecule has 0 fully saturated rings. The number of hydrogen-bond donors (Lipinski definition) is 2. The molecular weight excluding hydrogens is 442 g/mol. The van der Waals surface area contributed by atoms with E-state index in [1.54, 1.807) is 20.1 Å². The summed E-state index contributed by atoms with van der Waals surface area (Å²) < 4.78 is 12.3. The van der Waals surface area contributed by atoms with Crippen LogP contribution in [0.5, 0.6) is 0 Å². The number of halogens is 1. The molecular formula is C20H24ClN5O4S. The molecule has 166 valence electrons. The molecule has 2 heterocycles. The molecule has 0 saturated carbocycles. The fourth-order valence-electron chi connectivity index (χ4n) is 3.01. The molecule has 2 amide bonds. The van der Waals surface area contributed by atoms with Gasteiger partial charge in [-0.3, -0.25) is 0 Å². The molecule has 2 aromatic rings. The van der Waals surface area contributed by atoms with Gasteiger partial charge < -0.3 is 24.7 Å². The topological polar surface area (TPSA) is 107 Å². The van der Waals surface area contributed by atoms with Gasteiger partial charge in [0.05, 0.1) is 23.7 Å². The molecule has 0 radical (unpaired) electrons. The number of thioether (sulfide) groups is 1. The van der Waals surface area contributed by atoms with E-state index in [9.17, 15) is 9.59 Å². The lowest BCUT2D eigenvalue weighted by molar-refractivity contribution is -0.138. The van der Waals surface area contributed by atoms with Crippen LogP contribution in [0.1, 0.15) is 13.3 Å². The smallest absolute Gasteiger partial charge is 0.337 e. The highest BCUT2D eigenvalue weighted by atomic mass is 35.5. The Morgan fingerprint density at radius 3 is 2.87 bits per heavy atom. The van der Waals surface area contributed by atoms with Crippen molar-refractivity contribution in [1.82, 2.24) is 25.4 Å². The summed E-state index contributed by atoms with van der Waals surface area (Å²) in [5.74, 6) is 0.522. The summed E-state index contributed by atoms with van der Waals surface area (Å²) in [5, 5.41) is 15.2. The van der Waals surface area contributed by atoms with Crippen molar-refractivity contribution in [2.45, 2.75) is 25.0 Å². The maximum atomic E-state index is 12.3. The largest absolute Gasteiger partial charge is 0.463 e. The lowest BCUT2D eigenvalue weighted by atomic mass is 10.2. The highest BCUT2D eigenvalue weighted by Gasteiger charge is 2.25. The van der Waals surface area contributed by atoms with Crippen molar-refractivity contribution in [2.75, 3.05) is 32.6 Å². The Balaban J connectivity index is 1.87. The van der Waals surface area contributed by atoms with Crippen molar-refractivity contribution < 1.29 is 19.1 Å². The molecule has 1 aromatic carbocycles. The normalized spacial score (nSPS) is 13.7. The number of urea groups is 1. The van der Waals surface area contributed by atoms with E-state index in [0.29, 0.717) is 46.2 Å². The van der Waals surface area contributed by atoms with Crippen molar-refractivity contribution in [1.29, 1.82) is 0 Å². The van der Waals surface area contributed by atoms with Crippen molar-refractivity contribution in [3.63, 3.8) is 0 Å². The second kappa shape index (κ2) is 11.2. The summed E-state index contributed by atoms with van der Waals surface area (Å²) in [6.07, 6.45) is 0.761. The van der Waals surface area contributed by atoms with E-state index in [4.69, 9.17) is 21.1 Å². The first kappa shape index (κ1) is 23.1. The van der Waals surface area contributed by atoms with Crippen LogP contribution in [0, 0.1) is 0 Å². The molecule has 1 aromatic heterocycles. The second-order valence-corrected chi connectivity index (χ2v) is 7.91. The van der Waals surface area contributed by atoms with Crippen LogP contribution in [-0.2, 0) is 20.8 Å². The zero-order valence-corrected chi connectivity index (χ0v) is 18.9. The zero-order chi connectivity index (χ0) is 22.2. The summed E-state index contributed by atoms with van der Waals surface area (Å²) in [5.41, 5.74) is 1.67. The van der Waals surface area contributed by atoms with Crippen LogP contribution in [0.25, 0.3) is 11.4 Å². The van der Waals surface area contributed by atoms with E-state index in [-0.39, 0.29) is 19.2 Å². The number of nitrogens with one attached hydrogen (secondary N) is 2. The van der Waals surface area contributed by atoms with Crippen LogP contribution < -0.4 is 10.6 Å². The molecule has 1 aliphatic rings. The Labute approximate surface area is 189 Å². The number of ether oxygens (including phenoxy) is 2. The third-order valence-corrected chi connectivity index (χ3v) is 5.81. The maximum absolute atomic E-state index is 12.3. The predicted molar refractivity (Wildman–Crippen MR) is 118 cm³/mol. The van der Waals surface area contributed by atoms with Crippen LogP contribution in [0.4, 0.5) is 4.79 Å². The van der Waals surface area contributed by atoms with Crippen LogP contribution in [0.3, 0.4) is 0 Å². The van der Waals surface area contributed by atoms with Gasteiger partial charge in [0, 0.05) is 37.3 Å². The minimum Gasteiger partial charge on any atom is -0.463 e. The summed E-state index contributed by atoms with van der Waals surface area (Å²) in [6, 6.07) is 7.09. The Bertz CT molecular complexity index is 978. The average molecular weight is 466 g/mol. The van der Waals surface area contributed by atoms with Gasteiger partial charge in [-0.15, -0.1) is 10.2 Å². The minimum atomic E-state index is -0.455. The zero-order valence-electron chi connectivity index (χ0n) is 17.3. The predicted octanol–water partition coefficient (Wildman–Crippen LogP) is 2.86. The van der Waals surface area contributed by atoms with E-state index < -0.39 is 5.97 Å². The van der Waals surface area contributed by atoms with Crippen LogP contribution in [-0.4, -0.2) is 59.4 Å². The van der Waals surface area contributed by atoms with Crippen molar-refractivity contribution in [3.8, 4) is 11.4 Å². The summed E-state index contributed by atoms with van der Waals surface area (Å²) in [6.45, 7) is 3.32. The molecule has 0 atom stereocenters.